The number of rotatable bonds is 4. The number of aromatic nitrogens is 2. The van der Waals surface area contributed by atoms with Crippen LogP contribution in [0.25, 0.3) is 10.2 Å². The Morgan fingerprint density at radius 2 is 2.09 bits per heavy atom. The molecule has 2 aromatic heterocycles. The number of esters is 1. The summed E-state index contributed by atoms with van der Waals surface area (Å²) in [5.41, 5.74) is 1.32. The molecule has 5 nitrogen and oxygen atoms in total. The van der Waals surface area contributed by atoms with Gasteiger partial charge in [-0.25, -0.2) is 19.2 Å². The van der Waals surface area contributed by atoms with Crippen LogP contribution in [-0.2, 0) is 4.74 Å². The molecule has 2 heterocycles. The number of carbonyl (C=O) groups is 1. The molecule has 1 aromatic carbocycles. The Morgan fingerprint density at radius 3 is 2.86 bits per heavy atom. The van der Waals surface area contributed by atoms with E-state index in [0.29, 0.717) is 33.0 Å². The fraction of sp³-hybridized carbons (Fsp3) is 0.214. The molecular weight excluding hydrogens is 325 g/mol. The Hall–Kier alpha value is -2.06. The molecule has 3 rings (SSSR count). The van der Waals surface area contributed by atoms with Crippen molar-refractivity contribution in [1.29, 1.82) is 0 Å². The van der Waals surface area contributed by atoms with Gasteiger partial charge in [-0.1, -0.05) is 22.7 Å². The summed E-state index contributed by atoms with van der Waals surface area (Å²) < 4.78 is 18.9. The van der Waals surface area contributed by atoms with Crippen LogP contribution in [0.4, 0.5) is 14.7 Å². The largest absolute Gasteiger partial charge is 0.462 e. The van der Waals surface area contributed by atoms with Crippen LogP contribution in [-0.4, -0.2) is 22.5 Å². The summed E-state index contributed by atoms with van der Waals surface area (Å²) in [6.07, 6.45) is 0. The van der Waals surface area contributed by atoms with E-state index in [1.807, 2.05) is 0 Å². The molecule has 0 saturated carbocycles. The van der Waals surface area contributed by atoms with E-state index in [-0.39, 0.29) is 11.8 Å². The topological polar surface area (TPSA) is 64.1 Å². The highest BCUT2D eigenvalue weighted by atomic mass is 32.1. The highest BCUT2D eigenvalue weighted by molar-refractivity contribution is 7.23. The number of fused-ring (bicyclic) bond motifs is 1. The molecule has 0 aliphatic carbocycles. The first-order valence-corrected chi connectivity index (χ1v) is 8.17. The molecule has 0 aliphatic heterocycles. The molecule has 8 heteroatoms. The molecule has 0 fully saturated rings. The molecule has 22 heavy (non-hydrogen) atoms. The summed E-state index contributed by atoms with van der Waals surface area (Å²) in [5, 5.41) is 4.21. The lowest BCUT2D eigenvalue weighted by molar-refractivity contribution is 0.0531. The molecule has 0 saturated heterocycles. The van der Waals surface area contributed by atoms with Gasteiger partial charge >= 0.3 is 5.97 Å². The van der Waals surface area contributed by atoms with Gasteiger partial charge in [-0.3, -0.25) is 0 Å². The molecule has 114 valence electrons. The van der Waals surface area contributed by atoms with Crippen LogP contribution in [0.5, 0.6) is 0 Å². The quantitative estimate of drug-likeness (QED) is 0.726. The van der Waals surface area contributed by atoms with Gasteiger partial charge in [0.05, 0.1) is 22.5 Å². The van der Waals surface area contributed by atoms with Crippen LogP contribution in [0.2, 0.25) is 0 Å². The predicted molar refractivity (Wildman–Crippen MR) is 85.7 cm³/mol. The third-order valence-corrected chi connectivity index (χ3v) is 4.81. The van der Waals surface area contributed by atoms with Gasteiger partial charge < -0.3 is 10.1 Å². The molecule has 1 N–H and O–H groups in total. The number of ether oxygens (including phenoxy) is 1. The van der Waals surface area contributed by atoms with Crippen molar-refractivity contribution in [3.8, 4) is 0 Å². The number of nitrogens with zero attached hydrogens (tertiary/aromatic N) is 2. The minimum atomic E-state index is -0.378. The number of thiazole rings is 2. The van der Waals surface area contributed by atoms with Crippen LogP contribution in [0.15, 0.2) is 18.2 Å². The normalized spacial score (nSPS) is 10.9. The zero-order chi connectivity index (χ0) is 15.7. The van der Waals surface area contributed by atoms with Crippen LogP contribution in [0, 0.1) is 12.7 Å². The lowest BCUT2D eigenvalue weighted by Crippen LogP contribution is -2.03. The van der Waals surface area contributed by atoms with E-state index < -0.39 is 0 Å². The molecule has 0 radical (unpaired) electrons. The Kier molecular flexibility index (Phi) is 4.04. The number of nitrogens with one attached hydrogen (secondary N) is 1. The van der Waals surface area contributed by atoms with E-state index in [1.54, 1.807) is 19.9 Å². The molecule has 0 amide bonds. The van der Waals surface area contributed by atoms with E-state index in [1.165, 1.54) is 34.8 Å². The number of carbonyl (C=O) groups excluding carboxylic acids is 1. The van der Waals surface area contributed by atoms with Crippen LogP contribution in [0.1, 0.15) is 22.3 Å². The number of aryl methyl sites for hydroxylation is 1. The maximum atomic E-state index is 13.2. The molecule has 0 spiro atoms. The zero-order valence-corrected chi connectivity index (χ0v) is 13.5. The van der Waals surface area contributed by atoms with Crippen molar-refractivity contribution < 1.29 is 13.9 Å². The second-order valence-electron chi connectivity index (χ2n) is 4.41. The Balaban J connectivity index is 1.85. The monoisotopic (exact) mass is 337 g/mol. The summed E-state index contributed by atoms with van der Waals surface area (Å²) in [6, 6.07) is 4.44. The number of hydrogen-bond acceptors (Lipinski definition) is 7. The SMILES string of the molecule is CCOC(=O)c1sc(Nc2nc3ccc(F)cc3s2)nc1C. The van der Waals surface area contributed by atoms with Gasteiger partial charge in [0.15, 0.2) is 10.3 Å². The number of hydrogen-bond donors (Lipinski definition) is 1. The minimum Gasteiger partial charge on any atom is -0.462 e. The average Bonchev–Trinajstić information content (AvgIpc) is 3.02. The Bertz CT molecular complexity index is 844. The van der Waals surface area contributed by atoms with Crippen molar-refractivity contribution in [2.75, 3.05) is 11.9 Å². The minimum absolute atomic E-state index is 0.294. The zero-order valence-electron chi connectivity index (χ0n) is 11.8. The molecule has 0 aliphatic rings. The summed E-state index contributed by atoms with van der Waals surface area (Å²) in [7, 11) is 0. The van der Waals surface area contributed by atoms with Crippen molar-refractivity contribution in [1.82, 2.24) is 9.97 Å². The van der Waals surface area contributed by atoms with Crippen LogP contribution < -0.4 is 5.32 Å². The molecular formula is C14H12FN3O2S2. The highest BCUT2D eigenvalue weighted by Crippen LogP contribution is 2.31. The van der Waals surface area contributed by atoms with Gasteiger partial charge in [-0.15, -0.1) is 0 Å². The Morgan fingerprint density at radius 1 is 1.32 bits per heavy atom. The second kappa shape index (κ2) is 5.98. The molecule has 3 aromatic rings. The summed E-state index contributed by atoms with van der Waals surface area (Å²) in [6.45, 7) is 3.83. The smallest absolute Gasteiger partial charge is 0.350 e. The van der Waals surface area contributed by atoms with Gasteiger partial charge in [0.1, 0.15) is 10.7 Å². The molecule has 0 bridgehead atoms. The first-order valence-electron chi connectivity index (χ1n) is 6.54. The van der Waals surface area contributed by atoms with Crippen molar-refractivity contribution in [2.24, 2.45) is 0 Å². The van der Waals surface area contributed by atoms with Crippen molar-refractivity contribution in [3.05, 3.63) is 34.6 Å². The Labute approximate surface area is 133 Å². The van der Waals surface area contributed by atoms with Gasteiger partial charge in [-0.2, -0.15) is 0 Å². The van der Waals surface area contributed by atoms with E-state index >= 15 is 0 Å². The standard InChI is InChI=1S/C14H12FN3O2S2/c1-3-20-12(19)11-7(2)16-13(22-11)18-14-17-9-5-4-8(15)6-10(9)21-14/h4-6H,3H2,1-2H3,(H,16,17,18). The third kappa shape index (κ3) is 2.93. The average molecular weight is 337 g/mol. The molecule has 0 unspecified atom stereocenters. The fourth-order valence-electron chi connectivity index (χ4n) is 1.88. The lowest BCUT2D eigenvalue weighted by Gasteiger charge is -1.97. The first-order chi connectivity index (χ1) is 10.6. The third-order valence-electron chi connectivity index (χ3n) is 2.82. The fourth-order valence-corrected chi connectivity index (χ4v) is 3.69. The van der Waals surface area contributed by atoms with Gasteiger partial charge in [0.2, 0.25) is 0 Å². The second-order valence-corrected chi connectivity index (χ2v) is 6.44. The highest BCUT2D eigenvalue weighted by Gasteiger charge is 2.17. The van der Waals surface area contributed by atoms with Crippen LogP contribution in [0.3, 0.4) is 0 Å². The summed E-state index contributed by atoms with van der Waals surface area (Å²) in [5.74, 6) is -0.672. The predicted octanol–water partition coefficient (Wildman–Crippen LogP) is 4.12. The number of benzene rings is 1. The van der Waals surface area contributed by atoms with E-state index in [4.69, 9.17) is 4.74 Å². The maximum Gasteiger partial charge on any atom is 0.350 e. The van der Waals surface area contributed by atoms with E-state index in [0.717, 1.165) is 4.70 Å². The van der Waals surface area contributed by atoms with E-state index in [9.17, 15) is 9.18 Å². The lowest BCUT2D eigenvalue weighted by atomic mass is 10.3. The number of anilines is 2. The van der Waals surface area contributed by atoms with E-state index in [2.05, 4.69) is 15.3 Å². The maximum absolute atomic E-state index is 13.2. The van der Waals surface area contributed by atoms with Crippen molar-refractivity contribution in [2.45, 2.75) is 13.8 Å². The first kappa shape index (κ1) is 14.9. The summed E-state index contributed by atoms with van der Waals surface area (Å²) >= 11 is 2.54. The summed E-state index contributed by atoms with van der Waals surface area (Å²) in [4.78, 5) is 20.9. The van der Waals surface area contributed by atoms with Gasteiger partial charge in [0.25, 0.3) is 0 Å². The van der Waals surface area contributed by atoms with Gasteiger partial charge in [-0.05, 0) is 32.0 Å². The van der Waals surface area contributed by atoms with Crippen molar-refractivity contribution in [3.63, 3.8) is 0 Å². The van der Waals surface area contributed by atoms with Gasteiger partial charge in [0, 0.05) is 0 Å². The van der Waals surface area contributed by atoms with Crippen molar-refractivity contribution >= 4 is 49.1 Å². The number of halogens is 1. The molecule has 0 atom stereocenters. The van der Waals surface area contributed by atoms with Crippen LogP contribution >= 0.6 is 22.7 Å².